The van der Waals surface area contributed by atoms with Crippen LogP contribution in [0.15, 0.2) is 46.7 Å². The van der Waals surface area contributed by atoms with Crippen molar-refractivity contribution in [2.75, 3.05) is 38.0 Å². The van der Waals surface area contributed by atoms with Gasteiger partial charge in [0.25, 0.3) is 11.2 Å². The molecule has 0 aliphatic carbocycles. The van der Waals surface area contributed by atoms with Crippen molar-refractivity contribution in [2.45, 2.75) is 13.0 Å². The van der Waals surface area contributed by atoms with Gasteiger partial charge in [-0.2, -0.15) is 0 Å². The summed E-state index contributed by atoms with van der Waals surface area (Å²) in [5.74, 6) is -0.245. The summed E-state index contributed by atoms with van der Waals surface area (Å²) >= 11 is 1.44. The Kier molecular flexibility index (Phi) is 6.35. The van der Waals surface area contributed by atoms with E-state index in [-0.39, 0.29) is 29.3 Å². The van der Waals surface area contributed by atoms with Gasteiger partial charge < -0.3 is 10.2 Å². The molecule has 11 heteroatoms. The lowest BCUT2D eigenvalue weighted by molar-refractivity contribution is -0.383. The fourth-order valence-electron chi connectivity index (χ4n) is 3.58. The summed E-state index contributed by atoms with van der Waals surface area (Å²) in [6.07, 6.45) is 1.99. The lowest BCUT2D eigenvalue weighted by atomic mass is 10.2. The highest BCUT2D eigenvalue weighted by molar-refractivity contribution is 7.15. The minimum absolute atomic E-state index is 0.0652. The molecule has 1 aromatic carbocycles. The number of hydrogen-bond donors (Lipinski definition) is 1. The Morgan fingerprint density at radius 3 is 2.71 bits per heavy atom. The van der Waals surface area contributed by atoms with Gasteiger partial charge in [-0.25, -0.2) is 4.98 Å². The highest BCUT2D eigenvalue weighted by Crippen LogP contribution is 2.23. The molecule has 162 valence electrons. The Balaban J connectivity index is 1.24. The maximum absolute atomic E-state index is 12.2. The summed E-state index contributed by atoms with van der Waals surface area (Å²) < 4.78 is 1.54. The van der Waals surface area contributed by atoms with Crippen molar-refractivity contribution in [2.24, 2.45) is 0 Å². The average Bonchev–Trinajstić information content (AvgIpc) is 3.23. The number of nitrogens with one attached hydrogen (secondary N) is 1. The van der Waals surface area contributed by atoms with Crippen LogP contribution in [0, 0.1) is 10.1 Å². The quantitative estimate of drug-likeness (QED) is 0.439. The largest absolute Gasteiger partial charge is 0.320 e. The van der Waals surface area contributed by atoms with E-state index in [0.29, 0.717) is 18.1 Å². The monoisotopic (exact) mass is 442 g/mol. The van der Waals surface area contributed by atoms with Crippen LogP contribution in [-0.4, -0.2) is 62.7 Å². The van der Waals surface area contributed by atoms with E-state index < -0.39 is 4.92 Å². The number of nitro groups is 1. The normalized spacial score (nSPS) is 15.2. The number of carbonyl (C=O) groups is 1. The standard InChI is InChI=1S/C20H22N6O4S/c27-18(22-16-3-1-2-4-17(16)26(29)30)5-6-23-7-9-24(10-8-23)14-15-13-19(28)25-11-12-31-20(25)21-15/h1-4,11-13H,5-10,14H2,(H,22,27). The second-order valence-electron chi connectivity index (χ2n) is 7.33. The van der Waals surface area contributed by atoms with Crippen molar-refractivity contribution < 1.29 is 9.72 Å². The molecule has 4 rings (SSSR count). The first-order valence-corrected chi connectivity index (χ1v) is 10.8. The Morgan fingerprint density at radius 1 is 1.19 bits per heavy atom. The van der Waals surface area contributed by atoms with Crippen molar-refractivity contribution in [1.82, 2.24) is 19.2 Å². The molecule has 1 N–H and O–H groups in total. The number of hydrogen-bond acceptors (Lipinski definition) is 8. The Morgan fingerprint density at radius 2 is 1.94 bits per heavy atom. The Hall–Kier alpha value is -3.15. The summed E-state index contributed by atoms with van der Waals surface area (Å²) in [6, 6.07) is 7.70. The summed E-state index contributed by atoms with van der Waals surface area (Å²) in [7, 11) is 0. The Labute approximate surface area is 181 Å². The molecule has 3 heterocycles. The van der Waals surface area contributed by atoms with Crippen LogP contribution in [0.3, 0.4) is 0 Å². The number of amides is 1. The first-order chi connectivity index (χ1) is 15.0. The van der Waals surface area contributed by atoms with Crippen LogP contribution in [0.5, 0.6) is 0 Å². The van der Waals surface area contributed by atoms with Crippen LogP contribution in [-0.2, 0) is 11.3 Å². The van der Waals surface area contributed by atoms with Crippen LogP contribution in [0.25, 0.3) is 4.96 Å². The predicted octanol–water partition coefficient (Wildman–Crippen LogP) is 1.81. The smallest absolute Gasteiger partial charge is 0.292 e. The van der Waals surface area contributed by atoms with Crippen LogP contribution in [0.4, 0.5) is 11.4 Å². The number of anilines is 1. The molecule has 1 amide bonds. The molecular weight excluding hydrogens is 420 g/mol. The van der Waals surface area contributed by atoms with E-state index in [1.807, 2.05) is 5.38 Å². The molecule has 0 saturated carbocycles. The molecule has 31 heavy (non-hydrogen) atoms. The number of nitrogens with zero attached hydrogens (tertiary/aromatic N) is 5. The van der Waals surface area contributed by atoms with Crippen molar-refractivity contribution >= 4 is 33.6 Å². The van der Waals surface area contributed by atoms with Crippen molar-refractivity contribution in [3.8, 4) is 0 Å². The maximum Gasteiger partial charge on any atom is 0.292 e. The minimum Gasteiger partial charge on any atom is -0.320 e. The van der Waals surface area contributed by atoms with E-state index in [2.05, 4.69) is 20.1 Å². The molecule has 1 saturated heterocycles. The summed E-state index contributed by atoms with van der Waals surface area (Å²) in [4.78, 5) is 44.6. The number of carbonyl (C=O) groups excluding carboxylic acids is 1. The third-order valence-corrected chi connectivity index (χ3v) is 5.99. The number of piperazine rings is 1. The van der Waals surface area contributed by atoms with Gasteiger partial charge in [0.1, 0.15) is 5.69 Å². The van der Waals surface area contributed by atoms with E-state index in [4.69, 9.17) is 0 Å². The van der Waals surface area contributed by atoms with E-state index in [9.17, 15) is 19.7 Å². The molecule has 3 aromatic rings. The molecule has 0 atom stereocenters. The molecular formula is C20H22N6O4S. The zero-order valence-electron chi connectivity index (χ0n) is 16.8. The highest BCUT2D eigenvalue weighted by atomic mass is 32.1. The number of aromatic nitrogens is 2. The average molecular weight is 443 g/mol. The number of fused-ring (bicyclic) bond motifs is 1. The first kappa shape index (κ1) is 21.1. The Bertz CT molecular complexity index is 1150. The molecule has 0 spiro atoms. The second-order valence-corrected chi connectivity index (χ2v) is 8.20. The SMILES string of the molecule is O=C(CCN1CCN(Cc2cc(=O)n3ccsc3n2)CC1)Nc1ccccc1[N+](=O)[O-]. The number of rotatable bonds is 7. The lowest BCUT2D eigenvalue weighted by Crippen LogP contribution is -2.46. The van der Waals surface area contributed by atoms with Crippen LogP contribution < -0.4 is 10.9 Å². The van der Waals surface area contributed by atoms with Crippen LogP contribution >= 0.6 is 11.3 Å². The van der Waals surface area contributed by atoms with Gasteiger partial charge in [-0.05, 0) is 6.07 Å². The fourth-order valence-corrected chi connectivity index (χ4v) is 4.32. The number of para-hydroxylation sites is 2. The van der Waals surface area contributed by atoms with Gasteiger partial charge >= 0.3 is 0 Å². The van der Waals surface area contributed by atoms with Crippen molar-refractivity contribution in [1.29, 1.82) is 0 Å². The molecule has 0 unspecified atom stereocenters. The maximum atomic E-state index is 12.2. The zero-order valence-corrected chi connectivity index (χ0v) is 17.6. The zero-order chi connectivity index (χ0) is 21.8. The summed E-state index contributed by atoms with van der Waals surface area (Å²) in [5, 5.41) is 15.5. The van der Waals surface area contributed by atoms with Crippen molar-refractivity contribution in [3.05, 3.63) is 68.1 Å². The van der Waals surface area contributed by atoms with E-state index in [1.54, 1.807) is 28.8 Å². The number of nitro benzene ring substituents is 1. The molecule has 0 bridgehead atoms. The van der Waals surface area contributed by atoms with Crippen LogP contribution in [0.1, 0.15) is 12.1 Å². The first-order valence-electron chi connectivity index (χ1n) is 9.93. The number of thiazole rings is 1. The minimum atomic E-state index is -0.506. The fraction of sp³-hybridized carbons (Fsp3) is 0.350. The van der Waals surface area contributed by atoms with Gasteiger partial charge in [0.05, 0.1) is 10.6 Å². The van der Waals surface area contributed by atoms with Gasteiger partial charge in [0.2, 0.25) is 5.91 Å². The topological polar surface area (TPSA) is 113 Å². The molecule has 1 fully saturated rings. The van der Waals surface area contributed by atoms with E-state index in [1.165, 1.54) is 23.5 Å². The van der Waals surface area contributed by atoms with E-state index in [0.717, 1.165) is 31.9 Å². The van der Waals surface area contributed by atoms with E-state index >= 15 is 0 Å². The molecule has 2 aromatic heterocycles. The molecule has 10 nitrogen and oxygen atoms in total. The van der Waals surface area contributed by atoms with Gasteiger partial charge in [-0.1, -0.05) is 12.1 Å². The van der Waals surface area contributed by atoms with Gasteiger partial charge in [0, 0.05) is 69.4 Å². The van der Waals surface area contributed by atoms with Gasteiger partial charge in [0.15, 0.2) is 4.96 Å². The third-order valence-electron chi connectivity index (χ3n) is 5.24. The third kappa shape index (κ3) is 5.13. The number of benzene rings is 1. The summed E-state index contributed by atoms with van der Waals surface area (Å²) in [5.41, 5.74) is 0.807. The predicted molar refractivity (Wildman–Crippen MR) is 117 cm³/mol. The highest BCUT2D eigenvalue weighted by Gasteiger charge is 2.20. The second kappa shape index (κ2) is 9.33. The summed E-state index contributed by atoms with van der Waals surface area (Å²) in [6.45, 7) is 4.45. The van der Waals surface area contributed by atoms with Gasteiger partial charge in [-0.3, -0.25) is 29.0 Å². The van der Waals surface area contributed by atoms with Crippen LogP contribution in [0.2, 0.25) is 0 Å². The molecule has 0 radical (unpaired) electrons. The molecule has 1 aliphatic heterocycles. The van der Waals surface area contributed by atoms with Crippen molar-refractivity contribution in [3.63, 3.8) is 0 Å². The lowest BCUT2D eigenvalue weighted by Gasteiger charge is -2.34. The molecule has 1 aliphatic rings. The van der Waals surface area contributed by atoms with Gasteiger partial charge in [-0.15, -0.1) is 11.3 Å².